The number of alkyl halides is 3. The first-order valence-electron chi connectivity index (χ1n) is 11.5. The summed E-state index contributed by atoms with van der Waals surface area (Å²) in [5, 5.41) is 14.4. The maximum Gasteiger partial charge on any atom is 0.416 e. The number of aliphatic hydroxyl groups is 1. The van der Waals surface area contributed by atoms with Crippen LogP contribution in [0.3, 0.4) is 0 Å². The summed E-state index contributed by atoms with van der Waals surface area (Å²) >= 11 is 18.8. The van der Waals surface area contributed by atoms with Gasteiger partial charge in [0.05, 0.1) is 23.8 Å². The van der Waals surface area contributed by atoms with Crippen molar-refractivity contribution in [2.24, 2.45) is 0 Å². The molecule has 0 unspecified atom stereocenters. The van der Waals surface area contributed by atoms with Gasteiger partial charge in [-0.25, -0.2) is 14.8 Å². The van der Waals surface area contributed by atoms with Crippen LogP contribution in [0.25, 0.3) is 17.1 Å². The van der Waals surface area contributed by atoms with Crippen molar-refractivity contribution in [2.45, 2.75) is 45.3 Å². The first kappa shape index (κ1) is 29.6. The molecule has 3 heterocycles. The van der Waals surface area contributed by atoms with E-state index in [1.807, 2.05) is 0 Å². The lowest BCUT2D eigenvalue weighted by Gasteiger charge is -2.16. The van der Waals surface area contributed by atoms with E-state index >= 15 is 0 Å². The molecule has 3 aromatic heterocycles. The summed E-state index contributed by atoms with van der Waals surface area (Å²) in [5.41, 5.74) is -0.755. The normalized spacial score (nSPS) is 13.3. The molecule has 0 saturated heterocycles. The standard InChI is InChI=1S/C24H20Cl3F3N6O4/c1-12(40-13(2)37)21-32-18(33-36(21)22-16(26)4-3-9-31-22)11-35-20(27)19(14-5-7-15(25)8-6-14)34(23(35)39)10-17(38)24(28,29)30/h3-9,12,17,38H,10-11H2,1-2H3/t12-,17-/m0/s1. The molecular weight excluding hydrogens is 600 g/mol. The predicted molar refractivity (Wildman–Crippen MR) is 140 cm³/mol. The second-order valence-electron chi connectivity index (χ2n) is 8.54. The van der Waals surface area contributed by atoms with Crippen LogP contribution in [0.4, 0.5) is 13.2 Å². The zero-order chi connectivity index (χ0) is 29.4. The van der Waals surface area contributed by atoms with Crippen molar-refractivity contribution >= 4 is 40.8 Å². The molecule has 4 aromatic rings. The zero-order valence-corrected chi connectivity index (χ0v) is 23.0. The third kappa shape index (κ3) is 6.17. The average molecular weight is 620 g/mol. The Labute approximate surface area is 239 Å². The van der Waals surface area contributed by atoms with Gasteiger partial charge in [-0.1, -0.05) is 46.9 Å². The molecule has 0 radical (unpaired) electrons. The van der Waals surface area contributed by atoms with E-state index in [-0.39, 0.29) is 38.9 Å². The van der Waals surface area contributed by atoms with E-state index in [0.29, 0.717) is 5.02 Å². The lowest BCUT2D eigenvalue weighted by molar-refractivity contribution is -0.207. The fourth-order valence-electron chi connectivity index (χ4n) is 3.86. The van der Waals surface area contributed by atoms with Gasteiger partial charge in [0.25, 0.3) is 0 Å². The van der Waals surface area contributed by atoms with Gasteiger partial charge in [-0.3, -0.25) is 13.9 Å². The number of hydrogen-bond donors (Lipinski definition) is 1. The van der Waals surface area contributed by atoms with Gasteiger partial charge in [-0.05, 0) is 31.2 Å². The molecular formula is C24H20Cl3F3N6O4. The highest BCUT2D eigenvalue weighted by atomic mass is 35.5. The number of aromatic nitrogens is 6. The molecule has 212 valence electrons. The van der Waals surface area contributed by atoms with Crippen molar-refractivity contribution in [2.75, 3.05) is 0 Å². The van der Waals surface area contributed by atoms with Crippen LogP contribution in [-0.2, 0) is 22.6 Å². The van der Waals surface area contributed by atoms with E-state index in [9.17, 15) is 27.9 Å². The summed E-state index contributed by atoms with van der Waals surface area (Å²) < 4.78 is 47.8. The maximum atomic E-state index is 13.4. The van der Waals surface area contributed by atoms with E-state index in [2.05, 4.69) is 15.1 Å². The van der Waals surface area contributed by atoms with Gasteiger partial charge >= 0.3 is 17.8 Å². The van der Waals surface area contributed by atoms with Crippen molar-refractivity contribution in [3.63, 3.8) is 0 Å². The van der Waals surface area contributed by atoms with Crippen LogP contribution >= 0.6 is 34.8 Å². The molecule has 0 fully saturated rings. The summed E-state index contributed by atoms with van der Waals surface area (Å²) in [5.74, 6) is -0.346. The number of esters is 1. The Morgan fingerprint density at radius 3 is 2.40 bits per heavy atom. The number of benzene rings is 1. The third-order valence-corrected chi connectivity index (χ3v) is 6.57. The van der Waals surface area contributed by atoms with Gasteiger partial charge in [0.2, 0.25) is 0 Å². The van der Waals surface area contributed by atoms with Gasteiger partial charge in [0, 0.05) is 23.7 Å². The van der Waals surface area contributed by atoms with Gasteiger partial charge < -0.3 is 9.84 Å². The SMILES string of the molecule is CC(=O)O[C@@H](C)c1nc(Cn2c(Cl)c(-c3ccc(Cl)cc3)n(C[C@H](O)C(F)(F)F)c2=O)nn1-c1ncccc1Cl. The van der Waals surface area contributed by atoms with Crippen LogP contribution in [0.1, 0.15) is 31.6 Å². The Bertz CT molecular complexity index is 1600. The minimum Gasteiger partial charge on any atom is -0.455 e. The van der Waals surface area contributed by atoms with E-state index in [0.717, 1.165) is 9.13 Å². The number of rotatable bonds is 8. The van der Waals surface area contributed by atoms with Crippen molar-refractivity contribution in [1.82, 2.24) is 28.9 Å². The number of carbonyl (C=O) groups is 1. The summed E-state index contributed by atoms with van der Waals surface area (Å²) in [6.07, 6.45) is -7.30. The van der Waals surface area contributed by atoms with Crippen molar-refractivity contribution in [3.8, 4) is 17.1 Å². The third-order valence-electron chi connectivity index (χ3n) is 5.64. The molecule has 1 aromatic carbocycles. The van der Waals surface area contributed by atoms with Crippen molar-refractivity contribution < 1.29 is 27.8 Å². The molecule has 0 bridgehead atoms. The molecule has 0 aliphatic carbocycles. The van der Waals surface area contributed by atoms with E-state index in [4.69, 9.17) is 39.5 Å². The number of pyridine rings is 1. The minimum atomic E-state index is -4.99. The van der Waals surface area contributed by atoms with Crippen LogP contribution < -0.4 is 5.69 Å². The summed E-state index contributed by atoms with van der Waals surface area (Å²) in [4.78, 5) is 33.5. The molecule has 0 spiro atoms. The average Bonchev–Trinajstić information content (AvgIpc) is 3.39. The van der Waals surface area contributed by atoms with Gasteiger partial charge in [0.15, 0.2) is 29.7 Å². The smallest absolute Gasteiger partial charge is 0.416 e. The number of carbonyl (C=O) groups excluding carboxylic acids is 1. The molecule has 1 N–H and O–H groups in total. The lowest BCUT2D eigenvalue weighted by Crippen LogP contribution is -2.37. The van der Waals surface area contributed by atoms with Gasteiger partial charge in [0.1, 0.15) is 5.15 Å². The molecule has 0 aliphatic rings. The molecule has 10 nitrogen and oxygen atoms in total. The highest BCUT2D eigenvalue weighted by Crippen LogP contribution is 2.31. The molecule has 0 amide bonds. The Kier molecular flexibility index (Phi) is 8.59. The fourth-order valence-corrected chi connectivity index (χ4v) is 4.53. The number of hydrogen-bond acceptors (Lipinski definition) is 7. The van der Waals surface area contributed by atoms with Crippen molar-refractivity contribution in [3.05, 3.63) is 79.9 Å². The van der Waals surface area contributed by atoms with Crippen molar-refractivity contribution in [1.29, 1.82) is 0 Å². The fraction of sp³-hybridized carbons (Fsp3) is 0.292. The molecule has 0 aliphatic heterocycles. The maximum absolute atomic E-state index is 13.4. The highest BCUT2D eigenvalue weighted by molar-refractivity contribution is 6.32. The van der Waals surface area contributed by atoms with E-state index in [1.54, 1.807) is 12.1 Å². The summed E-state index contributed by atoms with van der Waals surface area (Å²) in [6, 6.07) is 9.04. The van der Waals surface area contributed by atoms with E-state index in [1.165, 1.54) is 49.0 Å². The van der Waals surface area contributed by atoms with Crippen LogP contribution in [0.15, 0.2) is 47.4 Å². The number of imidazole rings is 1. The number of halogens is 6. The lowest BCUT2D eigenvalue weighted by atomic mass is 10.1. The Morgan fingerprint density at radius 1 is 1.12 bits per heavy atom. The Morgan fingerprint density at radius 2 is 1.80 bits per heavy atom. The topological polar surface area (TPSA) is 117 Å². The van der Waals surface area contributed by atoms with Gasteiger partial charge in [-0.2, -0.15) is 17.9 Å². The predicted octanol–water partition coefficient (Wildman–Crippen LogP) is 4.85. The van der Waals surface area contributed by atoms with Crippen LogP contribution in [0.5, 0.6) is 0 Å². The number of ether oxygens (including phenoxy) is 1. The highest BCUT2D eigenvalue weighted by Gasteiger charge is 2.39. The second-order valence-corrected chi connectivity index (χ2v) is 9.74. The minimum absolute atomic E-state index is 0.0177. The Hall–Kier alpha value is -3.39. The summed E-state index contributed by atoms with van der Waals surface area (Å²) in [7, 11) is 0. The van der Waals surface area contributed by atoms with E-state index < -0.39 is 43.1 Å². The number of nitrogens with zero attached hydrogens (tertiary/aromatic N) is 6. The molecule has 40 heavy (non-hydrogen) atoms. The molecule has 2 atom stereocenters. The summed E-state index contributed by atoms with van der Waals surface area (Å²) in [6.45, 7) is 1.23. The zero-order valence-electron chi connectivity index (χ0n) is 20.7. The molecule has 4 rings (SSSR count). The quantitative estimate of drug-likeness (QED) is 0.280. The number of aliphatic hydroxyl groups excluding tert-OH is 1. The van der Waals surface area contributed by atoms with Crippen LogP contribution in [-0.4, -0.2) is 52.2 Å². The van der Waals surface area contributed by atoms with Gasteiger partial charge in [-0.15, -0.1) is 5.10 Å². The second kappa shape index (κ2) is 11.6. The molecule has 0 saturated carbocycles. The van der Waals surface area contributed by atoms with Crippen LogP contribution in [0, 0.1) is 0 Å². The van der Waals surface area contributed by atoms with Crippen LogP contribution in [0.2, 0.25) is 15.2 Å². The Balaban J connectivity index is 1.84. The largest absolute Gasteiger partial charge is 0.455 e. The first-order chi connectivity index (χ1) is 18.8. The molecule has 16 heteroatoms. The monoisotopic (exact) mass is 618 g/mol. The first-order valence-corrected chi connectivity index (χ1v) is 12.6.